The molecular formula is C15H31N3O4S. The minimum absolute atomic E-state index is 0.0808. The smallest absolute Gasteiger partial charge is 0.279 e. The molecule has 0 aromatic heterocycles. The van der Waals surface area contributed by atoms with E-state index in [0.717, 1.165) is 19.6 Å². The van der Waals surface area contributed by atoms with Crippen LogP contribution in [0.4, 0.5) is 0 Å². The van der Waals surface area contributed by atoms with Crippen LogP contribution in [0.2, 0.25) is 0 Å². The number of nitrogens with zero attached hydrogens (tertiary/aromatic N) is 2. The van der Waals surface area contributed by atoms with Crippen molar-refractivity contribution in [2.45, 2.75) is 46.0 Å². The zero-order chi connectivity index (χ0) is 17.0. The molecule has 0 aromatic carbocycles. The molecule has 0 bridgehead atoms. The first-order chi connectivity index (χ1) is 10.8. The second kappa shape index (κ2) is 8.22. The van der Waals surface area contributed by atoms with Crippen LogP contribution >= 0.6 is 0 Å². The normalized spacial score (nSPS) is 31.6. The molecule has 0 aromatic rings. The summed E-state index contributed by atoms with van der Waals surface area (Å²) in [6.07, 6.45) is -0.251. The van der Waals surface area contributed by atoms with Crippen molar-refractivity contribution in [3.63, 3.8) is 0 Å². The van der Waals surface area contributed by atoms with Gasteiger partial charge in [-0.05, 0) is 19.8 Å². The largest absolute Gasteiger partial charge is 0.374 e. The Kier molecular flexibility index (Phi) is 6.82. The van der Waals surface area contributed by atoms with E-state index < -0.39 is 10.2 Å². The zero-order valence-electron chi connectivity index (χ0n) is 14.7. The average molecular weight is 349 g/mol. The second-order valence-electron chi connectivity index (χ2n) is 7.07. The highest BCUT2D eigenvalue weighted by atomic mass is 32.2. The van der Waals surface area contributed by atoms with Crippen LogP contribution in [-0.2, 0) is 19.7 Å². The molecule has 23 heavy (non-hydrogen) atoms. The maximum absolute atomic E-state index is 12.5. The van der Waals surface area contributed by atoms with Gasteiger partial charge in [0.15, 0.2) is 0 Å². The lowest BCUT2D eigenvalue weighted by molar-refractivity contribution is -0.0451. The van der Waals surface area contributed by atoms with Gasteiger partial charge in [-0.1, -0.05) is 13.8 Å². The highest BCUT2D eigenvalue weighted by molar-refractivity contribution is 7.87. The number of hydrogen-bond donors (Lipinski definition) is 1. The Bertz CT molecular complexity index is 461. The van der Waals surface area contributed by atoms with Gasteiger partial charge in [-0.2, -0.15) is 17.4 Å². The van der Waals surface area contributed by atoms with Gasteiger partial charge in [-0.3, -0.25) is 4.90 Å². The lowest BCUT2D eigenvalue weighted by Crippen LogP contribution is -2.54. The summed E-state index contributed by atoms with van der Waals surface area (Å²) in [5.74, 6) is 0.599. The summed E-state index contributed by atoms with van der Waals surface area (Å²) in [6.45, 7) is 12.6. The van der Waals surface area contributed by atoms with Crippen LogP contribution < -0.4 is 4.72 Å². The summed E-state index contributed by atoms with van der Waals surface area (Å²) in [4.78, 5) is 2.34. The Balaban J connectivity index is 1.84. The third kappa shape index (κ3) is 5.95. The molecule has 136 valence electrons. The van der Waals surface area contributed by atoms with E-state index >= 15 is 0 Å². The van der Waals surface area contributed by atoms with Crippen LogP contribution in [0.3, 0.4) is 0 Å². The standard InChI is InChI=1S/C15H31N3O4S/c1-12(2)8-17-5-6-21-15(11-17)7-16-23(19,20)18-9-13(3)22-14(4)10-18/h12-16H,5-11H2,1-4H3/t13-,14+,15-/m0/s1. The minimum Gasteiger partial charge on any atom is -0.374 e. The zero-order valence-corrected chi connectivity index (χ0v) is 15.5. The van der Waals surface area contributed by atoms with Gasteiger partial charge >= 0.3 is 0 Å². The first kappa shape index (κ1) is 19.1. The van der Waals surface area contributed by atoms with E-state index in [4.69, 9.17) is 9.47 Å². The van der Waals surface area contributed by atoms with Gasteiger partial charge in [0.1, 0.15) is 0 Å². The van der Waals surface area contributed by atoms with E-state index in [1.807, 2.05) is 13.8 Å². The molecule has 0 saturated carbocycles. The summed E-state index contributed by atoms with van der Waals surface area (Å²) >= 11 is 0. The lowest BCUT2D eigenvalue weighted by atomic mass is 10.2. The molecule has 2 aliphatic heterocycles. The van der Waals surface area contributed by atoms with Crippen molar-refractivity contribution in [3.8, 4) is 0 Å². The highest BCUT2D eigenvalue weighted by Crippen LogP contribution is 2.14. The number of nitrogens with one attached hydrogen (secondary N) is 1. The van der Waals surface area contributed by atoms with Crippen LogP contribution in [-0.4, -0.2) is 81.8 Å². The van der Waals surface area contributed by atoms with Gasteiger partial charge in [0.05, 0.1) is 24.9 Å². The van der Waals surface area contributed by atoms with Gasteiger partial charge < -0.3 is 9.47 Å². The third-order valence-corrected chi connectivity index (χ3v) is 5.58. The van der Waals surface area contributed by atoms with Gasteiger partial charge in [0.25, 0.3) is 10.2 Å². The molecule has 0 amide bonds. The predicted molar refractivity (Wildman–Crippen MR) is 89.5 cm³/mol. The van der Waals surface area contributed by atoms with Crippen LogP contribution in [0.25, 0.3) is 0 Å². The molecule has 0 spiro atoms. The summed E-state index contributed by atoms with van der Waals surface area (Å²) in [5, 5.41) is 0. The summed E-state index contributed by atoms with van der Waals surface area (Å²) in [5.41, 5.74) is 0. The van der Waals surface area contributed by atoms with Crippen molar-refractivity contribution >= 4 is 10.2 Å². The highest BCUT2D eigenvalue weighted by Gasteiger charge is 2.32. The Labute approximate surface area is 140 Å². The first-order valence-electron chi connectivity index (χ1n) is 8.50. The molecule has 1 N–H and O–H groups in total. The quantitative estimate of drug-likeness (QED) is 0.746. The molecule has 2 aliphatic rings. The molecule has 0 unspecified atom stereocenters. The predicted octanol–water partition coefficient (Wildman–Crippen LogP) is 0.287. The monoisotopic (exact) mass is 349 g/mol. The van der Waals surface area contributed by atoms with E-state index in [9.17, 15) is 8.42 Å². The van der Waals surface area contributed by atoms with E-state index in [1.54, 1.807) is 0 Å². The SMILES string of the molecule is CC(C)CN1CCO[C@@H](CNS(=O)(=O)N2C[C@@H](C)O[C@@H](C)C2)C1. The van der Waals surface area contributed by atoms with Gasteiger partial charge in [-0.15, -0.1) is 0 Å². The molecular weight excluding hydrogens is 318 g/mol. The van der Waals surface area contributed by atoms with E-state index in [-0.39, 0.29) is 18.3 Å². The van der Waals surface area contributed by atoms with Crippen molar-refractivity contribution < 1.29 is 17.9 Å². The maximum atomic E-state index is 12.5. The fourth-order valence-corrected chi connectivity index (χ4v) is 4.59. The minimum atomic E-state index is -3.48. The van der Waals surface area contributed by atoms with E-state index in [0.29, 0.717) is 32.2 Å². The lowest BCUT2D eigenvalue weighted by Gasteiger charge is -2.36. The molecule has 2 saturated heterocycles. The van der Waals surface area contributed by atoms with Crippen LogP contribution in [0.5, 0.6) is 0 Å². The molecule has 0 aliphatic carbocycles. The first-order valence-corrected chi connectivity index (χ1v) is 9.94. The van der Waals surface area contributed by atoms with Crippen molar-refractivity contribution in [2.75, 3.05) is 45.9 Å². The second-order valence-corrected chi connectivity index (χ2v) is 8.83. The van der Waals surface area contributed by atoms with E-state index in [2.05, 4.69) is 23.5 Å². The Morgan fingerprint density at radius 2 is 1.83 bits per heavy atom. The van der Waals surface area contributed by atoms with Gasteiger partial charge in [0.2, 0.25) is 0 Å². The van der Waals surface area contributed by atoms with Crippen molar-refractivity contribution in [1.29, 1.82) is 0 Å². The van der Waals surface area contributed by atoms with Crippen LogP contribution in [0, 0.1) is 5.92 Å². The molecule has 8 heteroatoms. The summed E-state index contributed by atoms with van der Waals surface area (Å²) < 4.78 is 40.4. The molecule has 2 fully saturated rings. The van der Waals surface area contributed by atoms with Crippen molar-refractivity contribution in [2.24, 2.45) is 5.92 Å². The van der Waals surface area contributed by atoms with Crippen molar-refractivity contribution in [1.82, 2.24) is 13.9 Å². The fourth-order valence-electron chi connectivity index (χ4n) is 3.20. The topological polar surface area (TPSA) is 71.1 Å². The molecule has 7 nitrogen and oxygen atoms in total. The average Bonchev–Trinajstić information content (AvgIpc) is 2.44. The Hall–Kier alpha value is -0.250. The van der Waals surface area contributed by atoms with Gasteiger partial charge in [0, 0.05) is 39.3 Å². The number of rotatable bonds is 6. The third-order valence-electron chi connectivity index (χ3n) is 4.07. The van der Waals surface area contributed by atoms with Crippen molar-refractivity contribution in [3.05, 3.63) is 0 Å². The fraction of sp³-hybridized carbons (Fsp3) is 1.00. The van der Waals surface area contributed by atoms with Crippen LogP contribution in [0.1, 0.15) is 27.7 Å². The van der Waals surface area contributed by atoms with Gasteiger partial charge in [-0.25, -0.2) is 0 Å². The molecule has 2 heterocycles. The number of hydrogen-bond acceptors (Lipinski definition) is 5. The number of ether oxygens (including phenoxy) is 2. The number of morpholine rings is 2. The molecule has 2 rings (SSSR count). The Morgan fingerprint density at radius 3 is 2.43 bits per heavy atom. The maximum Gasteiger partial charge on any atom is 0.279 e. The summed E-state index contributed by atoms with van der Waals surface area (Å²) in [6, 6.07) is 0. The Morgan fingerprint density at radius 1 is 1.17 bits per heavy atom. The molecule has 0 radical (unpaired) electrons. The van der Waals surface area contributed by atoms with Crippen LogP contribution in [0.15, 0.2) is 0 Å². The summed E-state index contributed by atoms with van der Waals surface area (Å²) in [7, 11) is -3.48. The van der Waals surface area contributed by atoms with E-state index in [1.165, 1.54) is 4.31 Å². The molecule has 3 atom stereocenters.